The summed E-state index contributed by atoms with van der Waals surface area (Å²) in [4.78, 5) is 10.2. The first kappa shape index (κ1) is 9.06. The van der Waals surface area contributed by atoms with Gasteiger partial charge >= 0.3 is 0 Å². The highest BCUT2D eigenvalue weighted by molar-refractivity contribution is 7.13. The number of aldehydes is 1. The van der Waals surface area contributed by atoms with Crippen LogP contribution in [0.5, 0.6) is 0 Å². The van der Waals surface area contributed by atoms with Gasteiger partial charge in [-0.2, -0.15) is 0 Å². The lowest BCUT2D eigenvalue weighted by molar-refractivity contribution is -0.110. The highest BCUT2D eigenvalue weighted by atomic mass is 31.0. The standard InChI is InChI=1S/C5H10NOP.CH4/c7-4-5-2-1-3-6(5)8;/h4-5H,1-3,8H2;1H4. The minimum atomic E-state index is 0. The molecule has 0 aromatic heterocycles. The summed E-state index contributed by atoms with van der Waals surface area (Å²) in [6, 6.07) is 0.181. The van der Waals surface area contributed by atoms with Crippen molar-refractivity contribution < 1.29 is 4.79 Å². The molecule has 0 spiro atoms. The molecule has 1 rings (SSSR count). The smallest absolute Gasteiger partial charge is 0.137 e. The van der Waals surface area contributed by atoms with Crippen molar-refractivity contribution in [3.8, 4) is 0 Å². The highest BCUT2D eigenvalue weighted by Gasteiger charge is 2.19. The van der Waals surface area contributed by atoms with Crippen molar-refractivity contribution in [3.63, 3.8) is 0 Å². The van der Waals surface area contributed by atoms with Gasteiger partial charge in [0.1, 0.15) is 6.29 Å². The quantitative estimate of drug-likeness (QED) is 0.408. The molecule has 0 aromatic rings. The third-order valence-corrected chi connectivity index (χ3v) is 2.14. The van der Waals surface area contributed by atoms with Gasteiger partial charge in [-0.15, -0.1) is 0 Å². The van der Waals surface area contributed by atoms with Gasteiger partial charge in [-0.3, -0.25) is 4.67 Å². The Labute approximate surface area is 58.9 Å². The van der Waals surface area contributed by atoms with Gasteiger partial charge in [-0.1, -0.05) is 16.8 Å². The molecule has 0 amide bonds. The molecule has 1 heterocycles. The second-order valence-corrected chi connectivity index (χ2v) is 2.75. The summed E-state index contributed by atoms with van der Waals surface area (Å²) >= 11 is 0. The molecule has 1 saturated heterocycles. The minimum Gasteiger partial charge on any atom is -0.302 e. The topological polar surface area (TPSA) is 20.3 Å². The first-order valence-corrected chi connectivity index (χ1v) is 3.33. The lowest BCUT2D eigenvalue weighted by Crippen LogP contribution is -2.19. The van der Waals surface area contributed by atoms with Gasteiger partial charge in [0, 0.05) is 6.54 Å². The third-order valence-electron chi connectivity index (χ3n) is 1.50. The number of carbonyl (C=O) groups is 1. The van der Waals surface area contributed by atoms with E-state index in [1.165, 1.54) is 0 Å². The molecular weight excluding hydrogens is 133 g/mol. The molecule has 0 saturated carbocycles. The Morgan fingerprint density at radius 1 is 1.67 bits per heavy atom. The van der Waals surface area contributed by atoms with Gasteiger partial charge in [0.05, 0.1) is 6.04 Å². The van der Waals surface area contributed by atoms with E-state index in [0.717, 1.165) is 25.7 Å². The van der Waals surface area contributed by atoms with E-state index in [4.69, 9.17) is 0 Å². The van der Waals surface area contributed by atoms with Gasteiger partial charge in [0.25, 0.3) is 0 Å². The summed E-state index contributed by atoms with van der Waals surface area (Å²) < 4.78 is 2.01. The van der Waals surface area contributed by atoms with Gasteiger partial charge in [-0.05, 0) is 12.8 Å². The van der Waals surface area contributed by atoms with Crippen LogP contribution < -0.4 is 0 Å². The lowest BCUT2D eigenvalue weighted by atomic mass is 10.2. The fourth-order valence-corrected chi connectivity index (χ4v) is 1.36. The summed E-state index contributed by atoms with van der Waals surface area (Å²) in [7, 11) is 2.56. The third kappa shape index (κ3) is 2.04. The van der Waals surface area contributed by atoms with Crippen molar-refractivity contribution in [1.29, 1.82) is 0 Å². The van der Waals surface area contributed by atoms with Crippen molar-refractivity contribution in [1.82, 2.24) is 4.67 Å². The monoisotopic (exact) mass is 147 g/mol. The predicted molar refractivity (Wildman–Crippen MR) is 42.2 cm³/mol. The SMILES string of the molecule is C.O=CC1CCCN1P. The van der Waals surface area contributed by atoms with E-state index >= 15 is 0 Å². The number of nitrogens with zero attached hydrogens (tertiary/aromatic N) is 1. The molecule has 2 unspecified atom stereocenters. The van der Waals surface area contributed by atoms with E-state index in [-0.39, 0.29) is 13.5 Å². The maximum Gasteiger partial charge on any atom is 0.137 e. The average Bonchev–Trinajstić information content (AvgIpc) is 2.14. The Balaban J connectivity index is 0.000000640. The molecule has 0 bridgehead atoms. The first-order valence-electron chi connectivity index (χ1n) is 2.81. The van der Waals surface area contributed by atoms with Crippen LogP contribution in [0.2, 0.25) is 0 Å². The molecule has 0 aliphatic carbocycles. The van der Waals surface area contributed by atoms with Gasteiger partial charge < -0.3 is 4.79 Å². The molecule has 2 nitrogen and oxygen atoms in total. The van der Waals surface area contributed by atoms with Crippen LogP contribution in [0, 0.1) is 0 Å². The molecule has 1 fully saturated rings. The Kier molecular flexibility index (Phi) is 4.00. The van der Waals surface area contributed by atoms with E-state index in [9.17, 15) is 4.79 Å². The normalized spacial score (nSPS) is 27.4. The molecule has 2 atom stereocenters. The predicted octanol–water partition coefficient (Wildman–Crippen LogP) is 1.08. The molecule has 1 aliphatic rings. The first-order chi connectivity index (χ1) is 3.84. The van der Waals surface area contributed by atoms with Crippen molar-refractivity contribution in [3.05, 3.63) is 0 Å². The maximum absolute atomic E-state index is 10.2. The van der Waals surface area contributed by atoms with Gasteiger partial charge in [0.2, 0.25) is 0 Å². The molecule has 0 N–H and O–H groups in total. The summed E-state index contributed by atoms with van der Waals surface area (Å²) in [5, 5.41) is 0. The molecule has 0 radical (unpaired) electrons. The zero-order valence-corrected chi connectivity index (χ0v) is 5.86. The van der Waals surface area contributed by atoms with Crippen molar-refractivity contribution in [2.24, 2.45) is 0 Å². The van der Waals surface area contributed by atoms with E-state index in [2.05, 4.69) is 9.39 Å². The fraction of sp³-hybridized carbons (Fsp3) is 0.833. The van der Waals surface area contributed by atoms with Crippen LogP contribution in [0.25, 0.3) is 0 Å². The van der Waals surface area contributed by atoms with Crippen LogP contribution in [0.1, 0.15) is 20.3 Å². The van der Waals surface area contributed by atoms with E-state index < -0.39 is 0 Å². The molecular formula is C6H14NOP. The number of rotatable bonds is 1. The Hall–Kier alpha value is 0.0600. The molecule has 1 aliphatic heterocycles. The van der Waals surface area contributed by atoms with E-state index in [1.54, 1.807) is 0 Å². The zero-order valence-electron chi connectivity index (χ0n) is 4.71. The van der Waals surface area contributed by atoms with Gasteiger partial charge in [-0.25, -0.2) is 0 Å². The molecule has 3 heteroatoms. The van der Waals surface area contributed by atoms with Crippen molar-refractivity contribution >= 4 is 15.7 Å². The van der Waals surface area contributed by atoms with Gasteiger partial charge in [0.15, 0.2) is 0 Å². The van der Waals surface area contributed by atoms with Crippen LogP contribution in [0.4, 0.5) is 0 Å². The van der Waals surface area contributed by atoms with Crippen LogP contribution in [0.15, 0.2) is 0 Å². The van der Waals surface area contributed by atoms with E-state index in [1.807, 2.05) is 4.67 Å². The maximum atomic E-state index is 10.2. The fourth-order valence-electron chi connectivity index (χ4n) is 0.961. The summed E-state index contributed by atoms with van der Waals surface area (Å²) in [5.74, 6) is 0. The Morgan fingerprint density at radius 3 is 2.56 bits per heavy atom. The molecule has 0 aromatic carbocycles. The molecule has 9 heavy (non-hydrogen) atoms. The van der Waals surface area contributed by atoms with Crippen LogP contribution >= 0.6 is 9.39 Å². The lowest BCUT2D eigenvalue weighted by Gasteiger charge is -2.10. The second kappa shape index (κ2) is 3.97. The van der Waals surface area contributed by atoms with Crippen LogP contribution in [0.3, 0.4) is 0 Å². The van der Waals surface area contributed by atoms with Crippen LogP contribution in [-0.2, 0) is 4.79 Å². The Bertz CT molecular complexity index is 97.1. The second-order valence-electron chi connectivity index (χ2n) is 2.08. The summed E-state index contributed by atoms with van der Waals surface area (Å²) in [5.41, 5.74) is 0. The highest BCUT2D eigenvalue weighted by Crippen LogP contribution is 2.18. The average molecular weight is 147 g/mol. The number of carbonyl (C=O) groups excluding carboxylic acids is 1. The Morgan fingerprint density at radius 2 is 2.33 bits per heavy atom. The largest absolute Gasteiger partial charge is 0.302 e. The van der Waals surface area contributed by atoms with Crippen molar-refractivity contribution in [2.75, 3.05) is 6.54 Å². The molecule has 54 valence electrons. The number of hydrogen-bond donors (Lipinski definition) is 0. The minimum absolute atomic E-state index is 0. The van der Waals surface area contributed by atoms with E-state index in [0.29, 0.717) is 0 Å². The van der Waals surface area contributed by atoms with Crippen LogP contribution in [-0.4, -0.2) is 23.5 Å². The zero-order chi connectivity index (χ0) is 5.98. The van der Waals surface area contributed by atoms with Crippen molar-refractivity contribution in [2.45, 2.75) is 26.3 Å². The summed E-state index contributed by atoms with van der Waals surface area (Å²) in [6.07, 6.45) is 3.21. The number of hydrogen-bond acceptors (Lipinski definition) is 2. The summed E-state index contributed by atoms with van der Waals surface area (Å²) in [6.45, 7) is 1.05.